The van der Waals surface area contributed by atoms with E-state index in [0.29, 0.717) is 6.61 Å². The predicted octanol–water partition coefficient (Wildman–Crippen LogP) is 4.95. The number of H-pyrrole nitrogens is 1. The minimum Gasteiger partial charge on any atom is -0.492 e. The Bertz CT molecular complexity index is 1280. The van der Waals surface area contributed by atoms with E-state index in [1.165, 1.54) is 10.9 Å². The molecule has 2 aromatic heterocycles. The minimum atomic E-state index is 0.693. The topological polar surface area (TPSA) is 55.3 Å². The molecule has 0 atom stereocenters. The van der Waals surface area contributed by atoms with E-state index >= 15 is 0 Å². The van der Waals surface area contributed by atoms with E-state index < -0.39 is 0 Å². The Labute approximate surface area is 200 Å². The Morgan fingerprint density at radius 3 is 2.59 bits per heavy atom. The first-order chi connectivity index (χ1) is 16.7. The van der Waals surface area contributed by atoms with E-state index in [1.54, 1.807) is 0 Å². The van der Waals surface area contributed by atoms with Gasteiger partial charge in [-0.25, -0.2) is 0 Å². The highest BCUT2D eigenvalue weighted by atomic mass is 16.5. The van der Waals surface area contributed by atoms with Crippen LogP contribution in [0.2, 0.25) is 0 Å². The number of hydrogen-bond acceptors (Lipinski definition) is 4. The second-order valence-corrected chi connectivity index (χ2v) is 8.53. The molecule has 4 aromatic rings. The molecule has 2 aromatic carbocycles. The number of morpholine rings is 1. The number of aryl methyl sites for hydroxylation is 1. The van der Waals surface area contributed by atoms with Gasteiger partial charge in [0.05, 0.1) is 24.6 Å². The molecule has 5 rings (SSSR count). The van der Waals surface area contributed by atoms with Gasteiger partial charge < -0.3 is 14.0 Å². The number of ether oxygens (including phenoxy) is 2. The summed E-state index contributed by atoms with van der Waals surface area (Å²) in [5.74, 6) is 0.896. The van der Waals surface area contributed by atoms with Crippen LogP contribution in [0, 0.1) is 0 Å². The van der Waals surface area contributed by atoms with Gasteiger partial charge in [0, 0.05) is 38.4 Å². The van der Waals surface area contributed by atoms with Gasteiger partial charge in [-0.3, -0.25) is 10.00 Å². The Hall–Kier alpha value is -3.61. The number of hydrogen-bond donors (Lipinski definition) is 1. The highest BCUT2D eigenvalue weighted by Gasteiger charge is 2.09. The summed E-state index contributed by atoms with van der Waals surface area (Å²) in [6, 6.07) is 18.8. The van der Waals surface area contributed by atoms with Crippen molar-refractivity contribution in [2.45, 2.75) is 0 Å². The lowest BCUT2D eigenvalue weighted by Gasteiger charge is -2.26. The molecule has 1 aliphatic rings. The molecule has 0 amide bonds. The van der Waals surface area contributed by atoms with Gasteiger partial charge in [-0.1, -0.05) is 36.4 Å². The zero-order valence-corrected chi connectivity index (χ0v) is 19.5. The van der Waals surface area contributed by atoms with Crippen molar-refractivity contribution in [3.8, 4) is 5.75 Å². The fourth-order valence-corrected chi connectivity index (χ4v) is 4.07. The lowest BCUT2D eigenvalue weighted by Crippen LogP contribution is -2.38. The SMILES string of the molecule is Cn1ccc2ccc(/C=C/c3cc(C=Cc4ccc(OCCN5CCOCC5)cc4)[nH]n3)cc21. The monoisotopic (exact) mass is 454 g/mol. The number of fused-ring (bicyclic) bond motifs is 1. The second-order valence-electron chi connectivity index (χ2n) is 8.53. The maximum absolute atomic E-state index is 5.89. The predicted molar refractivity (Wildman–Crippen MR) is 139 cm³/mol. The Kier molecular flexibility index (Phi) is 6.89. The fourth-order valence-electron chi connectivity index (χ4n) is 4.07. The Morgan fingerprint density at radius 2 is 1.74 bits per heavy atom. The van der Waals surface area contributed by atoms with Gasteiger partial charge >= 0.3 is 0 Å². The third-order valence-corrected chi connectivity index (χ3v) is 6.09. The smallest absolute Gasteiger partial charge is 0.119 e. The fraction of sp³-hybridized carbons (Fsp3) is 0.250. The minimum absolute atomic E-state index is 0.693. The summed E-state index contributed by atoms with van der Waals surface area (Å²) < 4.78 is 13.4. The first kappa shape index (κ1) is 22.2. The average molecular weight is 455 g/mol. The maximum atomic E-state index is 5.89. The first-order valence-corrected chi connectivity index (χ1v) is 11.7. The van der Waals surface area contributed by atoms with Crippen LogP contribution in [0.5, 0.6) is 5.75 Å². The summed E-state index contributed by atoms with van der Waals surface area (Å²) in [4.78, 5) is 2.37. The van der Waals surface area contributed by atoms with Crippen LogP contribution in [0.4, 0.5) is 0 Å². The van der Waals surface area contributed by atoms with Crippen molar-refractivity contribution in [1.29, 1.82) is 0 Å². The van der Waals surface area contributed by atoms with E-state index in [-0.39, 0.29) is 0 Å². The molecule has 0 spiro atoms. The molecule has 0 unspecified atom stereocenters. The normalized spacial score (nSPS) is 15.1. The number of nitrogens with zero attached hydrogens (tertiary/aromatic N) is 3. The average Bonchev–Trinajstić information content (AvgIpc) is 3.49. The van der Waals surface area contributed by atoms with Gasteiger partial charge in [0.25, 0.3) is 0 Å². The first-order valence-electron chi connectivity index (χ1n) is 11.7. The Morgan fingerprint density at radius 1 is 0.941 bits per heavy atom. The van der Waals surface area contributed by atoms with Crippen molar-refractivity contribution >= 4 is 35.2 Å². The molecule has 0 radical (unpaired) electrons. The quantitative estimate of drug-likeness (QED) is 0.409. The second kappa shape index (κ2) is 10.5. The molecule has 0 aliphatic carbocycles. The van der Waals surface area contributed by atoms with Crippen molar-refractivity contribution in [3.05, 3.63) is 83.3 Å². The summed E-state index contributed by atoms with van der Waals surface area (Å²) in [7, 11) is 2.06. The molecule has 1 saturated heterocycles. The zero-order chi connectivity index (χ0) is 23.2. The number of nitrogens with one attached hydrogen (secondary N) is 1. The van der Waals surface area contributed by atoms with Crippen molar-refractivity contribution in [2.24, 2.45) is 7.05 Å². The highest BCUT2D eigenvalue weighted by Crippen LogP contribution is 2.19. The number of aromatic amines is 1. The lowest BCUT2D eigenvalue weighted by molar-refractivity contribution is 0.0322. The van der Waals surface area contributed by atoms with Gasteiger partial charge in [0.1, 0.15) is 12.4 Å². The molecule has 1 N–H and O–H groups in total. The largest absolute Gasteiger partial charge is 0.492 e. The van der Waals surface area contributed by atoms with Gasteiger partial charge in [-0.15, -0.1) is 0 Å². The lowest BCUT2D eigenvalue weighted by atomic mass is 10.1. The summed E-state index contributed by atoms with van der Waals surface area (Å²) >= 11 is 0. The van der Waals surface area contributed by atoms with Crippen LogP contribution in [-0.4, -0.2) is 59.1 Å². The standard InChI is InChI=1S/C28H30N4O2/c1-31-13-12-24-7-2-23(20-28(24)31)4-9-26-21-25(29-30-26)8-3-22-5-10-27(11-6-22)34-19-16-32-14-17-33-18-15-32/h2-13,20-21H,14-19H2,1H3,(H,29,30)/b8-3?,9-4+. The highest BCUT2D eigenvalue weighted by molar-refractivity contribution is 5.84. The molecule has 6 nitrogen and oxygen atoms in total. The summed E-state index contributed by atoms with van der Waals surface area (Å²) in [6.07, 6.45) is 10.3. The number of aromatic nitrogens is 3. The van der Waals surface area contributed by atoms with Crippen LogP contribution < -0.4 is 4.74 Å². The van der Waals surface area contributed by atoms with Crippen LogP contribution in [0.15, 0.2) is 60.8 Å². The van der Waals surface area contributed by atoms with Crippen LogP contribution in [0.25, 0.3) is 35.2 Å². The third-order valence-electron chi connectivity index (χ3n) is 6.09. The van der Waals surface area contributed by atoms with E-state index in [2.05, 4.69) is 81.5 Å². The summed E-state index contributed by atoms with van der Waals surface area (Å²) in [5.41, 5.74) is 5.35. The van der Waals surface area contributed by atoms with E-state index in [9.17, 15) is 0 Å². The third kappa shape index (κ3) is 5.65. The summed E-state index contributed by atoms with van der Waals surface area (Å²) in [6.45, 7) is 5.24. The molecular weight excluding hydrogens is 424 g/mol. The van der Waals surface area contributed by atoms with Crippen LogP contribution in [0.1, 0.15) is 22.5 Å². The molecule has 0 saturated carbocycles. The zero-order valence-electron chi connectivity index (χ0n) is 19.5. The molecule has 1 aliphatic heterocycles. The van der Waals surface area contributed by atoms with Crippen molar-refractivity contribution < 1.29 is 9.47 Å². The molecule has 174 valence electrons. The van der Waals surface area contributed by atoms with Gasteiger partial charge in [-0.05, 0) is 59.0 Å². The molecule has 3 heterocycles. The van der Waals surface area contributed by atoms with Gasteiger partial charge in [0.15, 0.2) is 0 Å². The summed E-state index contributed by atoms with van der Waals surface area (Å²) in [5, 5.41) is 8.74. The van der Waals surface area contributed by atoms with E-state index in [1.807, 2.05) is 30.4 Å². The molecule has 6 heteroatoms. The van der Waals surface area contributed by atoms with Crippen molar-refractivity contribution in [1.82, 2.24) is 19.7 Å². The van der Waals surface area contributed by atoms with Gasteiger partial charge in [-0.2, -0.15) is 5.10 Å². The van der Waals surface area contributed by atoms with E-state index in [0.717, 1.165) is 61.1 Å². The van der Waals surface area contributed by atoms with Crippen molar-refractivity contribution in [3.63, 3.8) is 0 Å². The van der Waals surface area contributed by atoms with Crippen molar-refractivity contribution in [2.75, 3.05) is 39.5 Å². The number of benzene rings is 2. The van der Waals surface area contributed by atoms with Crippen LogP contribution >= 0.6 is 0 Å². The van der Waals surface area contributed by atoms with E-state index in [4.69, 9.17) is 9.47 Å². The molecule has 34 heavy (non-hydrogen) atoms. The van der Waals surface area contributed by atoms with Crippen LogP contribution in [0.3, 0.4) is 0 Å². The number of rotatable bonds is 8. The maximum Gasteiger partial charge on any atom is 0.119 e. The van der Waals surface area contributed by atoms with Crippen LogP contribution in [-0.2, 0) is 11.8 Å². The Balaban J connectivity index is 1.14. The molecule has 0 bridgehead atoms. The molecule has 1 fully saturated rings. The van der Waals surface area contributed by atoms with Gasteiger partial charge in [0.2, 0.25) is 0 Å². The molecular formula is C28H30N4O2.